The molecule has 1 rings (SSSR count). The Morgan fingerprint density at radius 2 is 2.05 bits per heavy atom. The number of hydrogen-bond donors (Lipinski definition) is 1. The van der Waals surface area contributed by atoms with Crippen molar-refractivity contribution >= 4 is 22.3 Å². The van der Waals surface area contributed by atoms with E-state index in [4.69, 9.17) is 9.29 Å². The van der Waals surface area contributed by atoms with Gasteiger partial charge < -0.3 is 9.64 Å². The molecule has 0 radical (unpaired) electrons. The third-order valence-corrected chi connectivity index (χ3v) is 3.85. The van der Waals surface area contributed by atoms with Gasteiger partial charge in [-0.05, 0) is 6.42 Å². The number of amides is 1. The van der Waals surface area contributed by atoms with Crippen LogP contribution >= 0.6 is 0 Å². The van der Waals surface area contributed by atoms with E-state index >= 15 is 0 Å². The highest BCUT2D eigenvalue weighted by atomic mass is 32.3. The van der Waals surface area contributed by atoms with E-state index in [2.05, 4.69) is 11.1 Å². The SMILES string of the molecule is CCCCCCOC(=O)C1CC(=O)N(CCOS(=O)(=O)O)C1. The summed E-state index contributed by atoms with van der Waals surface area (Å²) in [6.07, 6.45) is 4.07. The molecule has 1 aliphatic rings. The Kier molecular flexibility index (Phi) is 7.77. The van der Waals surface area contributed by atoms with E-state index in [0.29, 0.717) is 6.61 Å². The van der Waals surface area contributed by atoms with E-state index in [-0.39, 0.29) is 32.0 Å². The van der Waals surface area contributed by atoms with Crippen molar-refractivity contribution in [1.82, 2.24) is 4.90 Å². The molecule has 0 spiro atoms. The molecule has 1 unspecified atom stereocenters. The zero-order valence-electron chi connectivity index (χ0n) is 12.7. The Morgan fingerprint density at radius 3 is 2.68 bits per heavy atom. The molecular weight excluding hydrogens is 314 g/mol. The first kappa shape index (κ1) is 18.9. The van der Waals surface area contributed by atoms with Gasteiger partial charge in [0.2, 0.25) is 5.91 Å². The van der Waals surface area contributed by atoms with E-state index < -0.39 is 22.3 Å². The smallest absolute Gasteiger partial charge is 0.397 e. The number of carbonyl (C=O) groups excluding carboxylic acids is 2. The average molecular weight is 337 g/mol. The number of hydrogen-bond acceptors (Lipinski definition) is 6. The minimum absolute atomic E-state index is 0.00109. The Bertz CT molecular complexity index is 477. The first-order valence-electron chi connectivity index (χ1n) is 7.39. The van der Waals surface area contributed by atoms with Crippen molar-refractivity contribution in [3.05, 3.63) is 0 Å². The summed E-state index contributed by atoms with van der Waals surface area (Å²) in [5, 5.41) is 0. The van der Waals surface area contributed by atoms with Gasteiger partial charge in [0.1, 0.15) is 0 Å². The van der Waals surface area contributed by atoms with Gasteiger partial charge in [-0.1, -0.05) is 26.2 Å². The highest BCUT2D eigenvalue weighted by Crippen LogP contribution is 2.19. The molecule has 128 valence electrons. The van der Waals surface area contributed by atoms with Crippen LogP contribution in [0.2, 0.25) is 0 Å². The highest BCUT2D eigenvalue weighted by molar-refractivity contribution is 7.80. The molecule has 0 aromatic carbocycles. The van der Waals surface area contributed by atoms with E-state index in [1.54, 1.807) is 0 Å². The van der Waals surface area contributed by atoms with E-state index in [1.165, 1.54) is 4.90 Å². The minimum Gasteiger partial charge on any atom is -0.465 e. The van der Waals surface area contributed by atoms with Gasteiger partial charge in [-0.15, -0.1) is 0 Å². The van der Waals surface area contributed by atoms with E-state index in [0.717, 1.165) is 25.7 Å². The van der Waals surface area contributed by atoms with Crippen molar-refractivity contribution in [3.8, 4) is 0 Å². The zero-order chi connectivity index (χ0) is 16.6. The molecule has 1 saturated heterocycles. The maximum Gasteiger partial charge on any atom is 0.397 e. The lowest BCUT2D eigenvalue weighted by Gasteiger charge is -2.15. The largest absolute Gasteiger partial charge is 0.465 e. The van der Waals surface area contributed by atoms with E-state index in [9.17, 15) is 18.0 Å². The predicted molar refractivity (Wildman–Crippen MR) is 77.3 cm³/mol. The summed E-state index contributed by atoms with van der Waals surface area (Å²) < 4.78 is 38.5. The summed E-state index contributed by atoms with van der Waals surface area (Å²) in [4.78, 5) is 24.9. The van der Waals surface area contributed by atoms with Crippen LogP contribution in [0.3, 0.4) is 0 Å². The molecule has 1 N–H and O–H groups in total. The molecule has 8 nitrogen and oxygen atoms in total. The molecule has 1 fully saturated rings. The summed E-state index contributed by atoms with van der Waals surface area (Å²) in [6.45, 7) is 2.29. The van der Waals surface area contributed by atoms with Gasteiger partial charge in [-0.3, -0.25) is 14.1 Å². The molecule has 0 saturated carbocycles. The van der Waals surface area contributed by atoms with Crippen LogP contribution in [-0.2, 0) is 28.9 Å². The summed E-state index contributed by atoms with van der Waals surface area (Å²) in [6, 6.07) is 0. The number of esters is 1. The Balaban J connectivity index is 2.27. The lowest BCUT2D eigenvalue weighted by atomic mass is 10.1. The molecule has 0 aliphatic carbocycles. The number of likely N-dealkylation sites (tertiary alicyclic amines) is 1. The Labute approximate surface area is 130 Å². The standard InChI is InChI=1S/C13H23NO7S/c1-2-3-4-5-7-20-13(16)11-9-12(15)14(10-11)6-8-21-22(17,18)19/h11H,2-10H2,1H3,(H,17,18,19). The summed E-state index contributed by atoms with van der Waals surface area (Å²) in [5.74, 6) is -1.18. The molecule has 1 heterocycles. The first-order chi connectivity index (χ1) is 10.3. The second kappa shape index (κ2) is 9.06. The van der Waals surface area contributed by atoms with Crippen LogP contribution in [0, 0.1) is 5.92 Å². The molecule has 1 amide bonds. The molecule has 0 aromatic heterocycles. The topological polar surface area (TPSA) is 110 Å². The van der Waals surface area contributed by atoms with Gasteiger partial charge in [0, 0.05) is 19.5 Å². The lowest BCUT2D eigenvalue weighted by Crippen LogP contribution is -2.30. The average Bonchev–Trinajstić information content (AvgIpc) is 2.78. The Morgan fingerprint density at radius 1 is 1.32 bits per heavy atom. The number of ether oxygens (including phenoxy) is 1. The molecule has 0 bridgehead atoms. The fourth-order valence-electron chi connectivity index (χ4n) is 2.22. The summed E-state index contributed by atoms with van der Waals surface area (Å²) in [7, 11) is -4.51. The van der Waals surface area contributed by atoms with Crippen LogP contribution in [0.25, 0.3) is 0 Å². The maximum atomic E-state index is 11.8. The molecular formula is C13H23NO7S. The number of rotatable bonds is 10. The van der Waals surface area contributed by atoms with Gasteiger partial charge in [0.25, 0.3) is 0 Å². The number of nitrogens with zero attached hydrogens (tertiary/aromatic N) is 1. The van der Waals surface area contributed by atoms with Crippen molar-refractivity contribution in [2.45, 2.75) is 39.0 Å². The maximum absolute atomic E-state index is 11.8. The first-order valence-corrected chi connectivity index (χ1v) is 8.76. The van der Waals surface area contributed by atoms with Crippen LogP contribution < -0.4 is 0 Å². The van der Waals surface area contributed by atoms with Gasteiger partial charge in [0.05, 0.1) is 19.1 Å². The minimum atomic E-state index is -4.51. The second-order valence-electron chi connectivity index (χ2n) is 5.22. The third kappa shape index (κ3) is 7.19. The molecule has 1 aliphatic heterocycles. The normalized spacial score (nSPS) is 18.7. The molecule has 9 heteroatoms. The van der Waals surface area contributed by atoms with Gasteiger partial charge in [0.15, 0.2) is 0 Å². The van der Waals surface area contributed by atoms with Crippen molar-refractivity contribution < 1.29 is 31.5 Å². The molecule has 1 atom stereocenters. The third-order valence-electron chi connectivity index (χ3n) is 3.38. The monoisotopic (exact) mass is 337 g/mol. The predicted octanol–water partition coefficient (Wildman–Crippen LogP) is 0.778. The van der Waals surface area contributed by atoms with Crippen molar-refractivity contribution in [1.29, 1.82) is 0 Å². The van der Waals surface area contributed by atoms with Crippen LogP contribution in [-0.4, -0.2) is 56.1 Å². The summed E-state index contributed by atoms with van der Waals surface area (Å²) >= 11 is 0. The van der Waals surface area contributed by atoms with Crippen LogP contribution in [0.4, 0.5) is 0 Å². The van der Waals surface area contributed by atoms with Gasteiger partial charge in [-0.2, -0.15) is 8.42 Å². The fraction of sp³-hybridized carbons (Fsp3) is 0.846. The number of unbranched alkanes of at least 4 members (excludes halogenated alkanes) is 3. The molecule has 22 heavy (non-hydrogen) atoms. The zero-order valence-corrected chi connectivity index (χ0v) is 13.5. The Hall–Kier alpha value is -1.19. The van der Waals surface area contributed by atoms with Gasteiger partial charge in [-0.25, -0.2) is 4.18 Å². The number of carbonyl (C=O) groups is 2. The van der Waals surface area contributed by atoms with Crippen LogP contribution in [0.15, 0.2) is 0 Å². The fourth-order valence-corrected chi connectivity index (χ4v) is 2.50. The lowest BCUT2D eigenvalue weighted by molar-refractivity contribution is -0.148. The van der Waals surface area contributed by atoms with Crippen LogP contribution in [0.1, 0.15) is 39.0 Å². The van der Waals surface area contributed by atoms with Gasteiger partial charge >= 0.3 is 16.4 Å². The molecule has 0 aromatic rings. The summed E-state index contributed by atoms with van der Waals surface area (Å²) in [5.41, 5.74) is 0. The second-order valence-corrected chi connectivity index (χ2v) is 6.31. The van der Waals surface area contributed by atoms with E-state index in [1.807, 2.05) is 0 Å². The van der Waals surface area contributed by atoms with Crippen molar-refractivity contribution in [2.75, 3.05) is 26.3 Å². The van der Waals surface area contributed by atoms with Crippen molar-refractivity contribution in [2.24, 2.45) is 5.92 Å². The highest BCUT2D eigenvalue weighted by Gasteiger charge is 2.35. The quantitative estimate of drug-likeness (QED) is 0.356. The van der Waals surface area contributed by atoms with Crippen molar-refractivity contribution in [3.63, 3.8) is 0 Å². The van der Waals surface area contributed by atoms with Crippen LogP contribution in [0.5, 0.6) is 0 Å².